The minimum absolute atomic E-state index is 0.0488. The summed E-state index contributed by atoms with van der Waals surface area (Å²) < 4.78 is 25.9. The molecule has 1 aromatic heterocycles. The van der Waals surface area contributed by atoms with E-state index in [1.165, 1.54) is 10.3 Å². The molecule has 0 spiro atoms. The Kier molecular flexibility index (Phi) is 4.11. The van der Waals surface area contributed by atoms with Crippen molar-refractivity contribution in [2.45, 2.75) is 10.6 Å². The lowest BCUT2D eigenvalue weighted by Gasteiger charge is -2.18. The van der Waals surface area contributed by atoms with Crippen molar-refractivity contribution in [3.05, 3.63) is 17.0 Å². The highest BCUT2D eigenvalue weighted by Gasteiger charge is 2.31. The fourth-order valence-electron chi connectivity index (χ4n) is 1.86. The lowest BCUT2D eigenvalue weighted by Crippen LogP contribution is -2.37. The maximum Gasteiger partial charge on any atom is 0.336 e. The van der Waals surface area contributed by atoms with Crippen LogP contribution in [0.1, 0.15) is 16.8 Å². The highest BCUT2D eigenvalue weighted by molar-refractivity contribution is 7.91. The Morgan fingerprint density at radius 2 is 2.10 bits per heavy atom. The molecule has 0 bridgehead atoms. The van der Waals surface area contributed by atoms with Crippen molar-refractivity contribution in [2.75, 3.05) is 26.7 Å². The second-order valence-corrected chi connectivity index (χ2v) is 7.54. The van der Waals surface area contributed by atoms with Gasteiger partial charge in [0, 0.05) is 25.5 Å². The van der Waals surface area contributed by atoms with Gasteiger partial charge in [-0.05, 0) is 12.5 Å². The monoisotopic (exact) mass is 318 g/mol. The molecule has 0 aliphatic carbocycles. The van der Waals surface area contributed by atoms with Gasteiger partial charge < -0.3 is 10.0 Å². The van der Waals surface area contributed by atoms with Crippen LogP contribution < -0.4 is 0 Å². The van der Waals surface area contributed by atoms with Gasteiger partial charge in [-0.2, -0.15) is 4.31 Å². The Hall–Kier alpha value is -1.45. The Balaban J connectivity index is 2.29. The van der Waals surface area contributed by atoms with Gasteiger partial charge in [-0.15, -0.1) is 11.3 Å². The molecule has 0 saturated carbocycles. The van der Waals surface area contributed by atoms with Gasteiger partial charge in [-0.25, -0.2) is 13.2 Å². The number of nitrogens with zero attached hydrogens (tertiary/aromatic N) is 2. The first kappa shape index (κ1) is 14.9. The van der Waals surface area contributed by atoms with Crippen LogP contribution in [0.2, 0.25) is 0 Å². The second-order valence-electron chi connectivity index (χ2n) is 4.47. The first-order valence-corrected chi connectivity index (χ1v) is 8.20. The van der Waals surface area contributed by atoms with E-state index < -0.39 is 16.0 Å². The summed E-state index contributed by atoms with van der Waals surface area (Å²) in [5.41, 5.74) is -0.0631. The van der Waals surface area contributed by atoms with Gasteiger partial charge in [0.1, 0.15) is 4.21 Å². The summed E-state index contributed by atoms with van der Waals surface area (Å²) in [6.45, 7) is 0.549. The van der Waals surface area contributed by atoms with Crippen LogP contribution in [0.25, 0.3) is 0 Å². The van der Waals surface area contributed by atoms with E-state index in [1.54, 1.807) is 7.05 Å². The van der Waals surface area contributed by atoms with E-state index in [1.807, 2.05) is 0 Å². The van der Waals surface area contributed by atoms with Crippen molar-refractivity contribution in [3.8, 4) is 0 Å². The van der Waals surface area contributed by atoms with E-state index in [9.17, 15) is 18.0 Å². The topological polar surface area (TPSA) is 95.0 Å². The molecule has 1 N–H and O–H groups in total. The number of rotatable bonds is 3. The third-order valence-electron chi connectivity index (χ3n) is 3.05. The Labute approximate surface area is 120 Å². The molecule has 110 valence electrons. The van der Waals surface area contributed by atoms with E-state index in [4.69, 9.17) is 5.11 Å². The molecule has 0 atom stereocenters. The largest absolute Gasteiger partial charge is 0.478 e. The molecule has 1 amide bonds. The average Bonchev–Trinajstić information content (AvgIpc) is 2.81. The third-order valence-corrected chi connectivity index (χ3v) is 6.32. The molecule has 9 heteroatoms. The van der Waals surface area contributed by atoms with Gasteiger partial charge >= 0.3 is 5.97 Å². The Bertz CT molecular complexity index is 637. The highest BCUT2D eigenvalue weighted by atomic mass is 32.2. The Morgan fingerprint density at radius 3 is 2.70 bits per heavy atom. The maximum absolute atomic E-state index is 12.4. The van der Waals surface area contributed by atoms with Crippen LogP contribution in [0.15, 0.2) is 15.7 Å². The van der Waals surface area contributed by atoms with Crippen molar-refractivity contribution < 1.29 is 23.1 Å². The lowest BCUT2D eigenvalue weighted by atomic mass is 10.4. The molecule has 1 aliphatic heterocycles. The van der Waals surface area contributed by atoms with E-state index in [-0.39, 0.29) is 28.8 Å². The fraction of sp³-hybridized carbons (Fsp3) is 0.455. The number of carboxylic acids is 1. The number of carbonyl (C=O) groups excluding carboxylic acids is 1. The zero-order chi connectivity index (χ0) is 14.9. The van der Waals surface area contributed by atoms with E-state index >= 15 is 0 Å². The maximum atomic E-state index is 12.4. The molecule has 0 radical (unpaired) electrons. The zero-order valence-corrected chi connectivity index (χ0v) is 12.4. The highest BCUT2D eigenvalue weighted by Crippen LogP contribution is 2.25. The van der Waals surface area contributed by atoms with Crippen LogP contribution >= 0.6 is 11.3 Å². The summed E-state index contributed by atoms with van der Waals surface area (Å²) in [5.74, 6) is -1.43. The van der Waals surface area contributed by atoms with Crippen LogP contribution in [0.5, 0.6) is 0 Å². The number of carbonyl (C=O) groups is 2. The first-order chi connectivity index (χ1) is 9.32. The van der Waals surface area contributed by atoms with E-state index in [2.05, 4.69) is 0 Å². The standard InChI is InChI=1S/C11H14N2O5S2/c1-12-3-2-4-13(6-9(12)14)20(17,18)10-5-8(7-19-10)11(15)16/h5,7H,2-4,6H2,1H3,(H,15,16). The second kappa shape index (κ2) is 5.51. The molecule has 0 unspecified atom stereocenters. The summed E-state index contributed by atoms with van der Waals surface area (Å²) in [5, 5.41) is 10.1. The number of aromatic carboxylic acids is 1. The molecular formula is C11H14N2O5S2. The number of carboxylic acid groups (broad SMARTS) is 1. The number of hydrogen-bond acceptors (Lipinski definition) is 5. The molecule has 20 heavy (non-hydrogen) atoms. The molecule has 0 aromatic carbocycles. The third kappa shape index (κ3) is 2.84. The summed E-state index contributed by atoms with van der Waals surface area (Å²) in [6.07, 6.45) is 0.554. The van der Waals surface area contributed by atoms with Gasteiger partial charge in [0.15, 0.2) is 0 Å². The minimum Gasteiger partial charge on any atom is -0.478 e. The molecular weight excluding hydrogens is 304 g/mol. The average molecular weight is 318 g/mol. The smallest absolute Gasteiger partial charge is 0.336 e. The summed E-state index contributed by atoms with van der Waals surface area (Å²) >= 11 is 0.852. The molecule has 1 aliphatic rings. The van der Waals surface area contributed by atoms with Crippen molar-refractivity contribution in [1.29, 1.82) is 0 Å². The number of sulfonamides is 1. The molecule has 2 rings (SSSR count). The zero-order valence-electron chi connectivity index (χ0n) is 10.8. The molecule has 1 saturated heterocycles. The summed E-state index contributed by atoms with van der Waals surface area (Å²) in [4.78, 5) is 24.0. The quantitative estimate of drug-likeness (QED) is 0.865. The summed E-state index contributed by atoms with van der Waals surface area (Å²) in [7, 11) is -2.18. The van der Waals surface area contributed by atoms with E-state index in [0.717, 1.165) is 21.7 Å². The number of hydrogen-bond donors (Lipinski definition) is 1. The minimum atomic E-state index is -3.81. The lowest BCUT2D eigenvalue weighted by molar-refractivity contribution is -0.129. The SMILES string of the molecule is CN1CCCN(S(=O)(=O)c2cc(C(=O)O)cs2)CC1=O. The van der Waals surface area contributed by atoms with Crippen LogP contribution in [-0.4, -0.2) is 61.3 Å². The predicted octanol–water partition coefficient (Wildman–Crippen LogP) is 0.299. The van der Waals surface area contributed by atoms with E-state index in [0.29, 0.717) is 13.0 Å². The van der Waals surface area contributed by atoms with Crippen molar-refractivity contribution in [3.63, 3.8) is 0 Å². The fourth-order valence-corrected chi connectivity index (χ4v) is 4.59. The van der Waals surface area contributed by atoms with Gasteiger partial charge in [0.05, 0.1) is 12.1 Å². The Morgan fingerprint density at radius 1 is 1.40 bits per heavy atom. The van der Waals surface area contributed by atoms with Crippen LogP contribution in [-0.2, 0) is 14.8 Å². The van der Waals surface area contributed by atoms with Crippen molar-refractivity contribution in [2.24, 2.45) is 0 Å². The van der Waals surface area contributed by atoms with Gasteiger partial charge in [-0.3, -0.25) is 4.79 Å². The number of amides is 1. The van der Waals surface area contributed by atoms with Crippen LogP contribution in [0.4, 0.5) is 0 Å². The van der Waals surface area contributed by atoms with Crippen LogP contribution in [0.3, 0.4) is 0 Å². The number of thiophene rings is 1. The van der Waals surface area contributed by atoms with Gasteiger partial charge in [0.2, 0.25) is 5.91 Å². The molecule has 1 fully saturated rings. The summed E-state index contributed by atoms with van der Waals surface area (Å²) in [6, 6.07) is 1.13. The van der Waals surface area contributed by atoms with Gasteiger partial charge in [-0.1, -0.05) is 0 Å². The van der Waals surface area contributed by atoms with Crippen LogP contribution in [0, 0.1) is 0 Å². The first-order valence-electron chi connectivity index (χ1n) is 5.88. The predicted molar refractivity (Wildman–Crippen MR) is 72.3 cm³/mol. The molecule has 7 nitrogen and oxygen atoms in total. The molecule has 1 aromatic rings. The van der Waals surface area contributed by atoms with Crippen molar-refractivity contribution in [1.82, 2.24) is 9.21 Å². The van der Waals surface area contributed by atoms with Crippen molar-refractivity contribution >= 4 is 33.2 Å². The normalized spacial score (nSPS) is 18.1. The number of likely N-dealkylation sites (N-methyl/N-ethyl adjacent to an activating group) is 1. The van der Waals surface area contributed by atoms with Gasteiger partial charge in [0.25, 0.3) is 10.0 Å². The molecule has 2 heterocycles.